The van der Waals surface area contributed by atoms with Crippen molar-refractivity contribution >= 4 is 28.9 Å². The van der Waals surface area contributed by atoms with Crippen molar-refractivity contribution in [1.82, 2.24) is 14.8 Å². The first-order chi connectivity index (χ1) is 11.3. The van der Waals surface area contributed by atoms with Gasteiger partial charge in [0.25, 0.3) is 0 Å². The highest BCUT2D eigenvalue weighted by Gasteiger charge is 2.30. The van der Waals surface area contributed by atoms with Crippen LogP contribution >= 0.6 is 23.1 Å². The molecule has 0 spiro atoms. The van der Waals surface area contributed by atoms with Gasteiger partial charge in [-0.1, -0.05) is 48.2 Å². The van der Waals surface area contributed by atoms with Gasteiger partial charge in [0, 0.05) is 11.6 Å². The Hall–Kier alpha value is -1.92. The number of thioether (sulfide) groups is 1. The van der Waals surface area contributed by atoms with Gasteiger partial charge < -0.3 is 0 Å². The van der Waals surface area contributed by atoms with E-state index in [1.54, 1.807) is 11.3 Å². The zero-order chi connectivity index (χ0) is 15.6. The summed E-state index contributed by atoms with van der Waals surface area (Å²) in [6.45, 7) is 0. The first-order valence-electron chi connectivity index (χ1n) is 7.53. The number of benzene rings is 1. The molecule has 2 aromatic heterocycles. The molecule has 1 saturated carbocycles. The van der Waals surface area contributed by atoms with Gasteiger partial charge in [0.2, 0.25) is 0 Å². The topological polar surface area (TPSA) is 47.8 Å². The van der Waals surface area contributed by atoms with Crippen LogP contribution in [0.2, 0.25) is 0 Å². The predicted octanol–water partition coefficient (Wildman–Crippen LogP) is 4.32. The summed E-state index contributed by atoms with van der Waals surface area (Å²) in [5.74, 6) is 1.44. The molecule has 2 heterocycles. The maximum atomic E-state index is 12.3. The molecule has 1 aliphatic carbocycles. The van der Waals surface area contributed by atoms with Crippen molar-refractivity contribution in [2.75, 3.05) is 5.75 Å². The van der Waals surface area contributed by atoms with Gasteiger partial charge in [-0.25, -0.2) is 0 Å². The van der Waals surface area contributed by atoms with E-state index < -0.39 is 0 Å². The molecule has 23 heavy (non-hydrogen) atoms. The summed E-state index contributed by atoms with van der Waals surface area (Å²) in [6.07, 6.45) is 2.33. The third-order valence-corrected chi connectivity index (χ3v) is 5.56. The van der Waals surface area contributed by atoms with E-state index in [1.807, 2.05) is 41.8 Å². The van der Waals surface area contributed by atoms with Crippen LogP contribution in [0.3, 0.4) is 0 Å². The highest BCUT2D eigenvalue weighted by Crippen LogP contribution is 2.41. The van der Waals surface area contributed by atoms with Crippen LogP contribution in [0.4, 0.5) is 0 Å². The maximum Gasteiger partial charge on any atom is 0.192 e. The first-order valence-corrected chi connectivity index (χ1v) is 9.39. The maximum absolute atomic E-state index is 12.3. The lowest BCUT2D eigenvalue weighted by atomic mass is 10.2. The van der Waals surface area contributed by atoms with Gasteiger partial charge in [-0.05, 0) is 24.3 Å². The molecule has 1 fully saturated rings. The Morgan fingerprint density at radius 3 is 2.70 bits per heavy atom. The molecule has 4 nitrogen and oxygen atoms in total. The minimum absolute atomic E-state index is 0.124. The van der Waals surface area contributed by atoms with Crippen LogP contribution in [-0.2, 0) is 0 Å². The zero-order valence-electron chi connectivity index (χ0n) is 12.4. The van der Waals surface area contributed by atoms with Gasteiger partial charge in [-0.15, -0.1) is 21.5 Å². The number of carbonyl (C=O) groups excluding carboxylic acids is 1. The lowest BCUT2D eigenvalue weighted by Gasteiger charge is -2.07. The van der Waals surface area contributed by atoms with Crippen molar-refractivity contribution < 1.29 is 4.79 Å². The predicted molar refractivity (Wildman–Crippen MR) is 93.1 cm³/mol. The number of hydrogen-bond donors (Lipinski definition) is 0. The van der Waals surface area contributed by atoms with E-state index in [1.165, 1.54) is 11.8 Å². The summed E-state index contributed by atoms with van der Waals surface area (Å²) < 4.78 is 2.20. The van der Waals surface area contributed by atoms with Gasteiger partial charge in [0.05, 0.1) is 10.6 Å². The van der Waals surface area contributed by atoms with Crippen LogP contribution in [0.1, 0.15) is 29.2 Å². The third kappa shape index (κ3) is 3.09. The summed E-state index contributed by atoms with van der Waals surface area (Å²) >= 11 is 3.15. The molecule has 116 valence electrons. The second kappa shape index (κ2) is 6.29. The lowest BCUT2D eigenvalue weighted by molar-refractivity contribution is 0.102. The molecule has 1 aromatic carbocycles. The smallest absolute Gasteiger partial charge is 0.192 e. The van der Waals surface area contributed by atoms with Gasteiger partial charge in [0.1, 0.15) is 0 Å². The van der Waals surface area contributed by atoms with Crippen molar-refractivity contribution in [3.8, 4) is 10.7 Å². The highest BCUT2D eigenvalue weighted by molar-refractivity contribution is 7.99. The fourth-order valence-electron chi connectivity index (χ4n) is 2.45. The SMILES string of the molecule is O=C(CSc1nnc(-c2cccs2)n1C1CC1)c1ccccc1. The number of thiophene rings is 1. The second-order valence-electron chi connectivity index (χ2n) is 5.46. The Labute approximate surface area is 142 Å². The molecule has 0 atom stereocenters. The van der Waals surface area contributed by atoms with Crippen LogP contribution in [-0.4, -0.2) is 26.3 Å². The minimum atomic E-state index is 0.124. The summed E-state index contributed by atoms with van der Waals surface area (Å²) in [6, 6.07) is 14.0. The fraction of sp³-hybridized carbons (Fsp3) is 0.235. The van der Waals surface area contributed by atoms with Gasteiger partial charge in [0.15, 0.2) is 16.8 Å². The van der Waals surface area contributed by atoms with E-state index in [-0.39, 0.29) is 5.78 Å². The Bertz CT molecular complexity index is 808. The van der Waals surface area contributed by atoms with Crippen LogP contribution in [0, 0.1) is 0 Å². The van der Waals surface area contributed by atoms with Crippen LogP contribution in [0.15, 0.2) is 53.0 Å². The number of ketones is 1. The molecule has 0 unspecified atom stereocenters. The number of rotatable bonds is 6. The van der Waals surface area contributed by atoms with Crippen molar-refractivity contribution in [3.05, 3.63) is 53.4 Å². The summed E-state index contributed by atoms with van der Waals surface area (Å²) in [4.78, 5) is 13.4. The van der Waals surface area contributed by atoms with Crippen molar-refractivity contribution in [2.45, 2.75) is 24.0 Å². The number of aromatic nitrogens is 3. The monoisotopic (exact) mass is 341 g/mol. The largest absolute Gasteiger partial charge is 0.298 e. The Balaban J connectivity index is 1.54. The number of nitrogens with zero attached hydrogens (tertiary/aromatic N) is 3. The molecular weight excluding hydrogens is 326 g/mol. The molecule has 0 N–H and O–H groups in total. The van der Waals surface area contributed by atoms with E-state index >= 15 is 0 Å². The van der Waals surface area contributed by atoms with Crippen molar-refractivity contribution in [2.24, 2.45) is 0 Å². The number of carbonyl (C=O) groups is 1. The molecule has 0 saturated heterocycles. The molecule has 6 heteroatoms. The van der Waals surface area contributed by atoms with E-state index in [4.69, 9.17) is 0 Å². The standard InChI is InChI=1S/C17H15N3OS2/c21-14(12-5-2-1-3-6-12)11-23-17-19-18-16(15-7-4-10-22-15)20(17)13-8-9-13/h1-7,10,13H,8-9,11H2. The quantitative estimate of drug-likeness (QED) is 0.495. The molecule has 0 amide bonds. The highest BCUT2D eigenvalue weighted by atomic mass is 32.2. The molecule has 1 aliphatic rings. The van der Waals surface area contributed by atoms with Gasteiger partial charge in [-0.2, -0.15) is 0 Å². The average Bonchev–Trinajstić information content (AvgIpc) is 3.12. The van der Waals surface area contributed by atoms with E-state index in [0.29, 0.717) is 11.8 Å². The molecule has 3 aromatic rings. The summed E-state index contributed by atoms with van der Waals surface area (Å²) in [5.41, 5.74) is 0.746. The Morgan fingerprint density at radius 2 is 2.00 bits per heavy atom. The van der Waals surface area contributed by atoms with Crippen molar-refractivity contribution in [1.29, 1.82) is 0 Å². The third-order valence-electron chi connectivity index (χ3n) is 3.75. The Kier molecular flexibility index (Phi) is 4.01. The molecule has 0 bridgehead atoms. The van der Waals surface area contributed by atoms with Gasteiger partial charge in [-0.3, -0.25) is 9.36 Å². The van der Waals surface area contributed by atoms with Crippen LogP contribution < -0.4 is 0 Å². The fourth-order valence-corrected chi connectivity index (χ4v) is 4.05. The van der Waals surface area contributed by atoms with Crippen LogP contribution in [0.5, 0.6) is 0 Å². The second-order valence-corrected chi connectivity index (χ2v) is 7.35. The molecular formula is C17H15N3OS2. The summed E-state index contributed by atoms with van der Waals surface area (Å²) in [5, 5.41) is 11.6. The number of hydrogen-bond acceptors (Lipinski definition) is 5. The first kappa shape index (κ1) is 14.7. The lowest BCUT2D eigenvalue weighted by Crippen LogP contribution is -2.04. The van der Waals surface area contributed by atoms with Crippen LogP contribution in [0.25, 0.3) is 10.7 Å². The normalized spacial score (nSPS) is 14.1. The van der Waals surface area contributed by atoms with Crippen molar-refractivity contribution in [3.63, 3.8) is 0 Å². The van der Waals surface area contributed by atoms with Gasteiger partial charge >= 0.3 is 0 Å². The molecule has 0 aliphatic heterocycles. The molecule has 0 radical (unpaired) electrons. The van der Waals surface area contributed by atoms with E-state index in [2.05, 4.69) is 20.8 Å². The minimum Gasteiger partial charge on any atom is -0.298 e. The number of Topliss-reactive ketones (excluding diaryl/α,β-unsaturated/α-hetero) is 1. The average molecular weight is 341 g/mol. The van der Waals surface area contributed by atoms with E-state index in [9.17, 15) is 4.79 Å². The van der Waals surface area contributed by atoms with E-state index in [0.717, 1.165) is 34.3 Å². The molecule has 4 rings (SSSR count). The Morgan fingerprint density at radius 1 is 1.17 bits per heavy atom. The summed E-state index contributed by atoms with van der Waals surface area (Å²) in [7, 11) is 0. The zero-order valence-corrected chi connectivity index (χ0v) is 14.0.